The molecule has 0 radical (unpaired) electrons. The number of carbonyl (C=O) groups excluding carboxylic acids is 2. The lowest BCUT2D eigenvalue weighted by atomic mass is 10.1. The molecule has 3 heterocycles. The summed E-state index contributed by atoms with van der Waals surface area (Å²) in [7, 11) is 0. The second-order valence-corrected chi connectivity index (χ2v) is 8.32. The van der Waals surface area contributed by atoms with Crippen molar-refractivity contribution in [1.29, 1.82) is 0 Å². The minimum Gasteiger partial charge on any atom is -0.459 e. The highest BCUT2D eigenvalue weighted by Crippen LogP contribution is 2.54. The topological polar surface area (TPSA) is 53.8 Å². The Hall–Kier alpha value is -3.13. The van der Waals surface area contributed by atoms with Crippen LogP contribution in [0.3, 0.4) is 0 Å². The summed E-state index contributed by atoms with van der Waals surface area (Å²) in [6.45, 7) is 0.0889. The zero-order chi connectivity index (χ0) is 20.9. The van der Waals surface area contributed by atoms with E-state index in [1.54, 1.807) is 36.4 Å². The van der Waals surface area contributed by atoms with E-state index in [1.807, 2.05) is 0 Å². The first-order chi connectivity index (χ1) is 14.5. The molecule has 1 fully saturated rings. The fourth-order valence-electron chi connectivity index (χ4n) is 4.10. The molecular weight excluding hydrogens is 410 g/mol. The van der Waals surface area contributed by atoms with E-state index in [2.05, 4.69) is 0 Å². The molecule has 30 heavy (non-hydrogen) atoms. The van der Waals surface area contributed by atoms with Gasteiger partial charge in [-0.15, -0.1) is 11.8 Å². The normalized spacial score (nSPS) is 20.3. The van der Waals surface area contributed by atoms with Gasteiger partial charge in [0.05, 0.1) is 18.5 Å². The van der Waals surface area contributed by atoms with Crippen molar-refractivity contribution in [1.82, 2.24) is 4.90 Å². The smallest absolute Gasteiger partial charge is 0.291 e. The monoisotopic (exact) mass is 426 g/mol. The minimum atomic E-state index is -1.29. The third-order valence-corrected chi connectivity index (χ3v) is 6.88. The van der Waals surface area contributed by atoms with E-state index < -0.39 is 28.3 Å². The molecule has 1 unspecified atom stereocenters. The van der Waals surface area contributed by atoms with Crippen LogP contribution in [0.25, 0.3) is 0 Å². The predicted octanol–water partition coefficient (Wildman–Crippen LogP) is 4.15. The molecule has 5 rings (SSSR count). The van der Waals surface area contributed by atoms with Crippen LogP contribution in [0.2, 0.25) is 0 Å². The Morgan fingerprint density at radius 1 is 1.07 bits per heavy atom. The molecule has 5 nitrogen and oxygen atoms in total. The zero-order valence-corrected chi connectivity index (χ0v) is 16.5. The molecular formula is C22H16F2N2O3S. The van der Waals surface area contributed by atoms with Gasteiger partial charge in [0.25, 0.3) is 11.8 Å². The molecule has 0 N–H and O–H groups in total. The highest BCUT2D eigenvalue weighted by molar-refractivity contribution is 8.01. The summed E-state index contributed by atoms with van der Waals surface area (Å²) < 4.78 is 33.9. The quantitative estimate of drug-likeness (QED) is 0.632. The van der Waals surface area contributed by atoms with Crippen molar-refractivity contribution in [2.24, 2.45) is 0 Å². The van der Waals surface area contributed by atoms with Gasteiger partial charge in [-0.05, 0) is 30.3 Å². The predicted molar refractivity (Wildman–Crippen MR) is 108 cm³/mol. The summed E-state index contributed by atoms with van der Waals surface area (Å²) in [6.07, 6.45) is 1.40. The van der Waals surface area contributed by atoms with Crippen LogP contribution in [0.4, 0.5) is 14.5 Å². The number of amides is 2. The van der Waals surface area contributed by atoms with E-state index in [1.165, 1.54) is 33.9 Å². The fourth-order valence-corrected chi connectivity index (χ4v) is 5.56. The summed E-state index contributed by atoms with van der Waals surface area (Å²) in [5.74, 6) is -1.54. The number of hydrogen-bond donors (Lipinski definition) is 0. The largest absolute Gasteiger partial charge is 0.459 e. The Bertz CT molecular complexity index is 1130. The molecule has 2 amide bonds. The van der Waals surface area contributed by atoms with Gasteiger partial charge in [-0.3, -0.25) is 9.59 Å². The van der Waals surface area contributed by atoms with Gasteiger partial charge < -0.3 is 14.2 Å². The standard InChI is InChI=1S/C22H16F2N2O3S/c23-16-6-3-7-17(24)14(16)13-25-18-8-2-1-5-15(18)22(21(25)28)26(10-12-30-22)20(27)19-9-4-11-29-19/h1-9,11H,10,12-13H2. The van der Waals surface area contributed by atoms with Gasteiger partial charge in [0.15, 0.2) is 10.6 Å². The Morgan fingerprint density at radius 2 is 1.83 bits per heavy atom. The average Bonchev–Trinajstić information content (AvgIpc) is 3.47. The Morgan fingerprint density at radius 3 is 2.57 bits per heavy atom. The number of anilines is 1. The number of rotatable bonds is 3. The number of benzene rings is 2. The minimum absolute atomic E-state index is 0.140. The highest BCUT2D eigenvalue weighted by Gasteiger charge is 2.59. The molecule has 2 aliphatic rings. The number of para-hydroxylation sites is 1. The van der Waals surface area contributed by atoms with E-state index in [0.29, 0.717) is 23.5 Å². The number of fused-ring (bicyclic) bond motifs is 2. The molecule has 1 atom stereocenters. The van der Waals surface area contributed by atoms with E-state index in [0.717, 1.165) is 12.1 Å². The third kappa shape index (κ3) is 2.60. The van der Waals surface area contributed by atoms with Crippen molar-refractivity contribution in [3.05, 3.63) is 89.4 Å². The molecule has 0 aliphatic carbocycles. The van der Waals surface area contributed by atoms with E-state index in [4.69, 9.17) is 4.42 Å². The number of hydrogen-bond acceptors (Lipinski definition) is 4. The Balaban J connectivity index is 1.61. The lowest BCUT2D eigenvalue weighted by Gasteiger charge is -2.32. The van der Waals surface area contributed by atoms with Gasteiger partial charge in [-0.2, -0.15) is 0 Å². The first kappa shape index (κ1) is 18.9. The molecule has 2 aromatic carbocycles. The van der Waals surface area contributed by atoms with E-state index >= 15 is 0 Å². The second-order valence-electron chi connectivity index (χ2n) is 7.04. The van der Waals surface area contributed by atoms with Crippen LogP contribution in [0.5, 0.6) is 0 Å². The van der Waals surface area contributed by atoms with Crippen LogP contribution in [0.15, 0.2) is 65.3 Å². The molecule has 1 saturated heterocycles. The maximum atomic E-state index is 14.3. The van der Waals surface area contributed by atoms with Gasteiger partial charge in [-0.25, -0.2) is 8.78 Å². The van der Waals surface area contributed by atoms with Gasteiger partial charge in [0.2, 0.25) is 0 Å². The first-order valence-corrected chi connectivity index (χ1v) is 10.4. The Labute approximate surface area is 175 Å². The SMILES string of the molecule is O=C(c1ccco1)N1CCSC12C(=O)N(Cc1c(F)cccc1F)c1ccccc12. The third-order valence-electron chi connectivity index (χ3n) is 5.46. The number of thioether (sulfide) groups is 1. The first-order valence-electron chi connectivity index (χ1n) is 9.38. The van der Waals surface area contributed by atoms with Gasteiger partial charge in [-0.1, -0.05) is 24.3 Å². The number of halogens is 2. The molecule has 8 heteroatoms. The van der Waals surface area contributed by atoms with Crippen LogP contribution < -0.4 is 4.90 Å². The van der Waals surface area contributed by atoms with Gasteiger partial charge >= 0.3 is 0 Å². The van der Waals surface area contributed by atoms with Crippen molar-refractivity contribution in [3.8, 4) is 0 Å². The average molecular weight is 426 g/mol. The summed E-state index contributed by atoms with van der Waals surface area (Å²) in [4.78, 5) is 28.4. The molecule has 0 saturated carbocycles. The number of furan rings is 1. The number of carbonyl (C=O) groups is 2. The summed E-state index contributed by atoms with van der Waals surface area (Å²) in [6, 6.07) is 13.8. The van der Waals surface area contributed by atoms with Gasteiger partial charge in [0, 0.05) is 23.4 Å². The molecule has 2 aliphatic heterocycles. The van der Waals surface area contributed by atoms with Crippen molar-refractivity contribution in [3.63, 3.8) is 0 Å². The maximum absolute atomic E-state index is 14.3. The maximum Gasteiger partial charge on any atom is 0.291 e. The highest BCUT2D eigenvalue weighted by atomic mass is 32.2. The van der Waals surface area contributed by atoms with E-state index in [-0.39, 0.29) is 17.9 Å². The summed E-state index contributed by atoms with van der Waals surface area (Å²) >= 11 is 1.34. The second kappa shape index (κ2) is 6.98. The van der Waals surface area contributed by atoms with Crippen molar-refractivity contribution in [2.75, 3.05) is 17.2 Å². The zero-order valence-electron chi connectivity index (χ0n) is 15.7. The molecule has 1 aromatic heterocycles. The fraction of sp³-hybridized carbons (Fsp3) is 0.182. The summed E-state index contributed by atoms with van der Waals surface area (Å²) in [5, 5.41) is 0. The van der Waals surface area contributed by atoms with Crippen LogP contribution in [-0.4, -0.2) is 29.0 Å². The Kier molecular flexibility index (Phi) is 4.39. The molecule has 1 spiro atoms. The molecule has 3 aromatic rings. The van der Waals surface area contributed by atoms with Crippen LogP contribution in [-0.2, 0) is 16.2 Å². The molecule has 152 valence electrons. The van der Waals surface area contributed by atoms with E-state index in [9.17, 15) is 18.4 Å². The van der Waals surface area contributed by atoms with Crippen LogP contribution in [0.1, 0.15) is 21.7 Å². The number of nitrogens with zero attached hydrogens (tertiary/aromatic N) is 2. The van der Waals surface area contributed by atoms with Crippen LogP contribution in [0, 0.1) is 11.6 Å². The summed E-state index contributed by atoms with van der Waals surface area (Å²) in [5.41, 5.74) is 0.982. The molecule has 0 bridgehead atoms. The van der Waals surface area contributed by atoms with Crippen molar-refractivity contribution in [2.45, 2.75) is 11.4 Å². The van der Waals surface area contributed by atoms with Crippen molar-refractivity contribution < 1.29 is 22.8 Å². The lowest BCUT2D eigenvalue weighted by molar-refractivity contribution is -0.123. The lowest BCUT2D eigenvalue weighted by Crippen LogP contribution is -2.50. The van der Waals surface area contributed by atoms with Gasteiger partial charge in [0.1, 0.15) is 11.6 Å². The van der Waals surface area contributed by atoms with Crippen molar-refractivity contribution >= 4 is 29.3 Å². The van der Waals surface area contributed by atoms with Crippen LogP contribution >= 0.6 is 11.8 Å².